The molecule has 0 saturated heterocycles. The molecule has 19 heavy (non-hydrogen) atoms. The number of esters is 1. The minimum Gasteiger partial charge on any atom is -0.465 e. The average molecular weight is 290 g/mol. The number of hydrogen-bond donors (Lipinski definition) is 1. The highest BCUT2D eigenvalue weighted by molar-refractivity contribution is 7.89. The number of sulfonamides is 1. The molecule has 0 unspecified atom stereocenters. The fraction of sp³-hybridized carbons (Fsp3) is 0.364. The summed E-state index contributed by atoms with van der Waals surface area (Å²) in [5.74, 6) is -1.50. The van der Waals surface area contributed by atoms with E-state index in [0.717, 1.165) is 16.4 Å². The molecule has 1 rings (SSSR count). The lowest BCUT2D eigenvalue weighted by atomic mass is 10.3. The van der Waals surface area contributed by atoms with Crippen molar-refractivity contribution in [3.05, 3.63) is 24.0 Å². The molecule has 6 nitrogen and oxygen atoms in total. The molecular formula is C11H15FN2O4S. The minimum absolute atomic E-state index is 0.146. The Balaban J connectivity index is 2.96. The Bertz CT molecular complexity index is 574. The third kappa shape index (κ3) is 3.65. The van der Waals surface area contributed by atoms with Crippen molar-refractivity contribution in [2.75, 3.05) is 25.9 Å². The van der Waals surface area contributed by atoms with Gasteiger partial charge in [-0.25, -0.2) is 12.8 Å². The number of carbonyl (C=O) groups is 1. The first kappa shape index (κ1) is 15.4. The first-order chi connectivity index (χ1) is 8.78. The van der Waals surface area contributed by atoms with Crippen molar-refractivity contribution in [3.8, 4) is 0 Å². The van der Waals surface area contributed by atoms with Crippen LogP contribution in [0.3, 0.4) is 0 Å². The number of halogens is 1. The molecule has 0 saturated carbocycles. The Labute approximate surface area is 111 Å². The van der Waals surface area contributed by atoms with E-state index in [1.54, 1.807) is 6.92 Å². The SMILES string of the molecule is CCOC(=O)CN(C)S(=O)(=O)c1ccc(N)c(F)c1. The van der Waals surface area contributed by atoms with Gasteiger partial charge in [-0.1, -0.05) is 0 Å². The summed E-state index contributed by atoms with van der Waals surface area (Å²) in [6.45, 7) is 1.33. The molecule has 0 aliphatic heterocycles. The van der Waals surface area contributed by atoms with Crippen molar-refractivity contribution in [2.45, 2.75) is 11.8 Å². The van der Waals surface area contributed by atoms with Crippen LogP contribution in [-0.4, -0.2) is 38.9 Å². The highest BCUT2D eigenvalue weighted by Crippen LogP contribution is 2.19. The van der Waals surface area contributed by atoms with Gasteiger partial charge in [0.1, 0.15) is 12.4 Å². The van der Waals surface area contributed by atoms with Crippen molar-refractivity contribution in [1.82, 2.24) is 4.31 Å². The molecule has 0 atom stereocenters. The summed E-state index contributed by atoms with van der Waals surface area (Å²) >= 11 is 0. The van der Waals surface area contributed by atoms with Crippen LogP contribution in [0.4, 0.5) is 10.1 Å². The van der Waals surface area contributed by atoms with Gasteiger partial charge in [0.25, 0.3) is 0 Å². The lowest BCUT2D eigenvalue weighted by Gasteiger charge is -2.16. The molecule has 0 heterocycles. The fourth-order valence-electron chi connectivity index (χ4n) is 1.32. The van der Waals surface area contributed by atoms with E-state index in [2.05, 4.69) is 4.74 Å². The topological polar surface area (TPSA) is 89.7 Å². The summed E-state index contributed by atoms with van der Waals surface area (Å²) in [6.07, 6.45) is 0. The number of anilines is 1. The normalized spacial score (nSPS) is 11.6. The van der Waals surface area contributed by atoms with Crippen LogP contribution in [0.2, 0.25) is 0 Å². The Hall–Kier alpha value is -1.67. The summed E-state index contributed by atoms with van der Waals surface area (Å²) in [4.78, 5) is 11.0. The van der Waals surface area contributed by atoms with Gasteiger partial charge in [0.15, 0.2) is 0 Å². The molecule has 0 aliphatic rings. The predicted molar refractivity (Wildman–Crippen MR) is 67.3 cm³/mol. The number of nitrogens with zero attached hydrogens (tertiary/aromatic N) is 1. The van der Waals surface area contributed by atoms with E-state index < -0.39 is 28.4 Å². The predicted octanol–water partition coefficient (Wildman–Crippen LogP) is 0.592. The van der Waals surface area contributed by atoms with Crippen LogP contribution >= 0.6 is 0 Å². The number of likely N-dealkylation sites (N-methyl/N-ethyl adjacent to an activating group) is 1. The Morgan fingerprint density at radius 1 is 1.47 bits per heavy atom. The van der Waals surface area contributed by atoms with Gasteiger partial charge in [-0.05, 0) is 25.1 Å². The molecule has 8 heteroatoms. The maximum Gasteiger partial charge on any atom is 0.321 e. The maximum absolute atomic E-state index is 13.3. The third-order valence-corrected chi connectivity index (χ3v) is 4.14. The zero-order valence-corrected chi connectivity index (χ0v) is 11.4. The average Bonchev–Trinajstić information content (AvgIpc) is 2.32. The van der Waals surface area contributed by atoms with Gasteiger partial charge in [-0.2, -0.15) is 4.31 Å². The Kier molecular flexibility index (Phi) is 4.84. The van der Waals surface area contributed by atoms with Gasteiger partial charge in [-0.3, -0.25) is 4.79 Å². The van der Waals surface area contributed by atoms with Crippen molar-refractivity contribution in [2.24, 2.45) is 0 Å². The van der Waals surface area contributed by atoms with Crippen LogP contribution in [-0.2, 0) is 19.6 Å². The van der Waals surface area contributed by atoms with E-state index in [9.17, 15) is 17.6 Å². The highest BCUT2D eigenvalue weighted by atomic mass is 32.2. The largest absolute Gasteiger partial charge is 0.465 e. The minimum atomic E-state index is -3.95. The van der Waals surface area contributed by atoms with E-state index in [-0.39, 0.29) is 17.2 Å². The van der Waals surface area contributed by atoms with Gasteiger partial charge in [0.2, 0.25) is 10.0 Å². The first-order valence-electron chi connectivity index (χ1n) is 5.46. The van der Waals surface area contributed by atoms with Gasteiger partial charge < -0.3 is 10.5 Å². The van der Waals surface area contributed by atoms with Crippen LogP contribution < -0.4 is 5.73 Å². The van der Waals surface area contributed by atoms with E-state index >= 15 is 0 Å². The smallest absolute Gasteiger partial charge is 0.321 e. The second-order valence-electron chi connectivity index (χ2n) is 3.75. The van der Waals surface area contributed by atoms with E-state index in [1.165, 1.54) is 13.1 Å². The molecule has 1 aromatic carbocycles. The lowest BCUT2D eigenvalue weighted by Crippen LogP contribution is -2.33. The number of nitrogen functional groups attached to an aromatic ring is 1. The molecule has 0 aliphatic carbocycles. The van der Waals surface area contributed by atoms with Crippen molar-refractivity contribution < 1.29 is 22.3 Å². The lowest BCUT2D eigenvalue weighted by molar-refractivity contribution is -0.143. The second-order valence-corrected chi connectivity index (χ2v) is 5.79. The van der Waals surface area contributed by atoms with Crippen molar-refractivity contribution in [1.29, 1.82) is 0 Å². The van der Waals surface area contributed by atoms with Gasteiger partial charge >= 0.3 is 5.97 Å². The van der Waals surface area contributed by atoms with E-state index in [4.69, 9.17) is 5.73 Å². The second kappa shape index (κ2) is 5.98. The standard InChI is InChI=1S/C11H15FN2O4S/c1-3-18-11(15)7-14(2)19(16,17)8-4-5-10(13)9(12)6-8/h4-6H,3,7,13H2,1-2H3. The fourth-order valence-corrected chi connectivity index (χ4v) is 2.45. The molecule has 1 aromatic rings. The number of ether oxygens (including phenoxy) is 1. The molecule has 0 radical (unpaired) electrons. The molecule has 0 amide bonds. The summed E-state index contributed by atoms with van der Waals surface area (Å²) in [7, 11) is -2.75. The summed E-state index contributed by atoms with van der Waals surface area (Å²) < 4.78 is 42.8. The van der Waals surface area contributed by atoms with Crippen LogP contribution in [0.5, 0.6) is 0 Å². The zero-order chi connectivity index (χ0) is 14.6. The molecule has 2 N–H and O–H groups in total. The number of rotatable bonds is 5. The first-order valence-corrected chi connectivity index (χ1v) is 6.90. The molecule has 0 aromatic heterocycles. The summed E-state index contributed by atoms with van der Waals surface area (Å²) in [6, 6.07) is 3.14. The molecule has 106 valence electrons. The maximum atomic E-state index is 13.3. The monoisotopic (exact) mass is 290 g/mol. The highest BCUT2D eigenvalue weighted by Gasteiger charge is 2.24. The van der Waals surface area contributed by atoms with Crippen LogP contribution in [0.25, 0.3) is 0 Å². The van der Waals surface area contributed by atoms with Crippen LogP contribution in [0, 0.1) is 5.82 Å². The number of hydrogen-bond acceptors (Lipinski definition) is 5. The number of carbonyl (C=O) groups excluding carboxylic acids is 1. The van der Waals surface area contributed by atoms with Gasteiger partial charge in [0.05, 0.1) is 17.2 Å². The van der Waals surface area contributed by atoms with Crippen molar-refractivity contribution >= 4 is 21.7 Å². The molecular weight excluding hydrogens is 275 g/mol. The molecule has 0 fully saturated rings. The Morgan fingerprint density at radius 2 is 2.11 bits per heavy atom. The van der Waals surface area contributed by atoms with Crippen molar-refractivity contribution in [3.63, 3.8) is 0 Å². The van der Waals surface area contributed by atoms with Crippen LogP contribution in [0.1, 0.15) is 6.92 Å². The summed E-state index contributed by atoms with van der Waals surface area (Å²) in [5, 5.41) is 0. The zero-order valence-electron chi connectivity index (χ0n) is 10.6. The number of nitrogens with two attached hydrogens (primary N) is 1. The summed E-state index contributed by atoms with van der Waals surface area (Å²) in [5.41, 5.74) is 5.12. The quantitative estimate of drug-likeness (QED) is 0.633. The number of benzene rings is 1. The third-order valence-electron chi connectivity index (χ3n) is 2.34. The Morgan fingerprint density at radius 3 is 2.63 bits per heavy atom. The van der Waals surface area contributed by atoms with E-state index in [0.29, 0.717) is 0 Å². The van der Waals surface area contributed by atoms with Crippen LogP contribution in [0.15, 0.2) is 23.1 Å². The van der Waals surface area contributed by atoms with Gasteiger partial charge in [0, 0.05) is 7.05 Å². The van der Waals surface area contributed by atoms with Gasteiger partial charge in [-0.15, -0.1) is 0 Å². The van der Waals surface area contributed by atoms with E-state index in [1.807, 2.05) is 0 Å². The molecule has 0 spiro atoms. The molecule has 0 bridgehead atoms.